The number of aryl methyl sites for hydroxylation is 1. The van der Waals surface area contributed by atoms with Crippen LogP contribution in [0.5, 0.6) is 0 Å². The Balaban J connectivity index is 0.00000264. The Bertz CT molecular complexity index is 664. The van der Waals surface area contributed by atoms with E-state index in [1.54, 1.807) is 13.0 Å². The maximum atomic E-state index is 11.4. The van der Waals surface area contributed by atoms with Crippen molar-refractivity contribution >= 4 is 23.4 Å². The lowest BCUT2D eigenvalue weighted by Crippen LogP contribution is -3.00. The second-order valence-corrected chi connectivity index (χ2v) is 4.82. The van der Waals surface area contributed by atoms with Crippen molar-refractivity contribution in [3.8, 4) is 0 Å². The van der Waals surface area contributed by atoms with E-state index >= 15 is 0 Å². The van der Waals surface area contributed by atoms with Crippen LogP contribution in [-0.4, -0.2) is 12.7 Å². The molecule has 0 aliphatic heterocycles. The lowest BCUT2D eigenvalue weighted by molar-refractivity contribution is -0.342. The molecule has 0 radical (unpaired) electrons. The Hall–Kier alpha value is -2.47. The summed E-state index contributed by atoms with van der Waals surface area (Å²) >= 11 is 0. The van der Waals surface area contributed by atoms with Gasteiger partial charge in [0.15, 0.2) is 0 Å². The summed E-state index contributed by atoms with van der Waals surface area (Å²) in [5.41, 5.74) is 8.82. The summed E-state index contributed by atoms with van der Waals surface area (Å²) < 4.78 is 4.81. The molecule has 0 aliphatic carbocycles. The van der Waals surface area contributed by atoms with E-state index in [2.05, 4.69) is 34.7 Å². The number of aromatic amines is 1. The van der Waals surface area contributed by atoms with Crippen LogP contribution in [0, 0.1) is 6.92 Å². The van der Waals surface area contributed by atoms with E-state index in [4.69, 9.17) is 10.5 Å². The van der Waals surface area contributed by atoms with Crippen molar-refractivity contribution in [2.45, 2.75) is 20.4 Å². The molecule has 1 heterocycles. The van der Waals surface area contributed by atoms with Crippen molar-refractivity contribution in [2.24, 2.45) is 0 Å². The minimum Gasteiger partial charge on any atom is -1.00 e. The van der Waals surface area contributed by atoms with Crippen molar-refractivity contribution in [1.29, 1.82) is 0 Å². The van der Waals surface area contributed by atoms with Gasteiger partial charge in [-0.05, 0) is 31.0 Å². The van der Waals surface area contributed by atoms with Crippen molar-refractivity contribution in [2.75, 3.05) is 23.0 Å². The van der Waals surface area contributed by atoms with E-state index < -0.39 is 6.09 Å². The van der Waals surface area contributed by atoms with Gasteiger partial charge in [-0.1, -0.05) is 24.3 Å². The van der Waals surface area contributed by atoms with Crippen LogP contribution in [0.1, 0.15) is 18.1 Å². The first-order chi connectivity index (χ1) is 10.6. The highest BCUT2D eigenvalue weighted by atomic mass is 35.5. The molecule has 124 valence electrons. The van der Waals surface area contributed by atoms with E-state index in [9.17, 15) is 4.79 Å². The van der Waals surface area contributed by atoms with Gasteiger partial charge in [-0.2, -0.15) is 0 Å². The SMILES string of the molecule is CCOC(=O)Nc1ccc(NCc2ccccc2C)[nH+]c1N.[Cl-]. The van der Waals surface area contributed by atoms with Gasteiger partial charge >= 0.3 is 6.09 Å². The third-order valence-corrected chi connectivity index (χ3v) is 3.22. The topological polar surface area (TPSA) is 90.5 Å². The summed E-state index contributed by atoms with van der Waals surface area (Å²) in [7, 11) is 0. The van der Waals surface area contributed by atoms with E-state index in [0.29, 0.717) is 24.7 Å². The van der Waals surface area contributed by atoms with Crippen LogP contribution in [0.4, 0.5) is 22.1 Å². The number of hydrogen-bond donors (Lipinski definition) is 3. The first-order valence-electron chi connectivity index (χ1n) is 7.14. The van der Waals surface area contributed by atoms with Gasteiger partial charge in [-0.3, -0.25) is 5.32 Å². The zero-order valence-corrected chi connectivity index (χ0v) is 13.9. The Morgan fingerprint density at radius 2 is 2.00 bits per heavy atom. The molecule has 7 heteroatoms. The molecular weight excluding hydrogens is 316 g/mol. The number of halogens is 1. The molecule has 2 rings (SSSR count). The normalized spacial score (nSPS) is 9.65. The fourth-order valence-electron chi connectivity index (χ4n) is 2.00. The fraction of sp³-hybridized carbons (Fsp3) is 0.250. The van der Waals surface area contributed by atoms with E-state index in [1.807, 2.05) is 18.2 Å². The highest BCUT2D eigenvalue weighted by Gasteiger charge is 2.10. The van der Waals surface area contributed by atoms with Crippen LogP contribution in [-0.2, 0) is 11.3 Å². The maximum Gasteiger partial charge on any atom is 0.411 e. The van der Waals surface area contributed by atoms with Gasteiger partial charge in [-0.15, -0.1) is 0 Å². The summed E-state index contributed by atoms with van der Waals surface area (Å²) in [6.45, 7) is 4.81. The van der Waals surface area contributed by atoms with Crippen molar-refractivity contribution < 1.29 is 26.9 Å². The lowest BCUT2D eigenvalue weighted by atomic mass is 10.1. The Morgan fingerprint density at radius 3 is 2.65 bits per heavy atom. The predicted molar refractivity (Wildman–Crippen MR) is 86.6 cm³/mol. The number of benzene rings is 1. The standard InChI is InChI=1S/C16H20N4O2.ClH/c1-3-22-16(21)19-13-8-9-14(20-15(13)17)18-10-12-7-5-4-6-11(12)2;/h4-9H,3,10H2,1-2H3,(H,19,21)(H3,17,18,20);1H. The zero-order chi connectivity index (χ0) is 15.9. The molecule has 0 saturated heterocycles. The third kappa shape index (κ3) is 5.34. The number of carbonyl (C=O) groups excluding carboxylic acids is 1. The van der Waals surface area contributed by atoms with Crippen LogP contribution in [0.15, 0.2) is 36.4 Å². The van der Waals surface area contributed by atoms with E-state index in [0.717, 1.165) is 5.82 Å². The molecule has 0 bridgehead atoms. The molecule has 6 nitrogen and oxygen atoms in total. The van der Waals surface area contributed by atoms with Gasteiger partial charge < -0.3 is 28.2 Å². The summed E-state index contributed by atoms with van der Waals surface area (Å²) in [4.78, 5) is 14.4. The number of amides is 1. The fourth-order valence-corrected chi connectivity index (χ4v) is 2.00. The number of carbonyl (C=O) groups is 1. The summed E-state index contributed by atoms with van der Waals surface area (Å²) in [6.07, 6.45) is -0.525. The van der Waals surface area contributed by atoms with Crippen LogP contribution in [0.3, 0.4) is 0 Å². The smallest absolute Gasteiger partial charge is 0.411 e. The number of H-pyrrole nitrogens is 1. The molecule has 5 N–H and O–H groups in total. The quantitative estimate of drug-likeness (QED) is 0.691. The highest BCUT2D eigenvalue weighted by Crippen LogP contribution is 2.16. The molecular formula is C16H21ClN4O2. The molecule has 1 amide bonds. The van der Waals surface area contributed by atoms with Crippen LogP contribution >= 0.6 is 0 Å². The van der Waals surface area contributed by atoms with Gasteiger partial charge in [0, 0.05) is 6.07 Å². The van der Waals surface area contributed by atoms with E-state index in [-0.39, 0.29) is 12.4 Å². The summed E-state index contributed by atoms with van der Waals surface area (Å²) in [5.74, 6) is 1.14. The number of rotatable bonds is 5. The second-order valence-electron chi connectivity index (χ2n) is 4.82. The Labute approximate surface area is 141 Å². The minimum absolute atomic E-state index is 0. The van der Waals surface area contributed by atoms with Gasteiger partial charge in [0.05, 0.1) is 13.2 Å². The summed E-state index contributed by atoms with van der Waals surface area (Å²) in [5, 5.41) is 5.84. The molecule has 1 aromatic carbocycles. The maximum absolute atomic E-state index is 11.4. The molecule has 0 atom stereocenters. The molecule has 0 saturated carbocycles. The molecule has 0 unspecified atom stereocenters. The van der Waals surface area contributed by atoms with Crippen LogP contribution in [0.2, 0.25) is 0 Å². The first kappa shape index (κ1) is 18.6. The van der Waals surface area contributed by atoms with Gasteiger partial charge in [-0.25, -0.2) is 9.78 Å². The summed E-state index contributed by atoms with van der Waals surface area (Å²) in [6, 6.07) is 11.7. The number of nitrogens with two attached hydrogens (primary N) is 1. The largest absolute Gasteiger partial charge is 1.00 e. The first-order valence-corrected chi connectivity index (χ1v) is 7.14. The van der Waals surface area contributed by atoms with E-state index in [1.165, 1.54) is 11.1 Å². The van der Waals surface area contributed by atoms with Gasteiger partial charge in [0.1, 0.15) is 5.69 Å². The number of aromatic nitrogens is 1. The number of nitrogens with one attached hydrogen (secondary N) is 3. The number of nitrogen functional groups attached to an aromatic ring is 1. The molecule has 2 aromatic rings. The highest BCUT2D eigenvalue weighted by molar-refractivity contribution is 5.87. The molecule has 0 spiro atoms. The monoisotopic (exact) mass is 336 g/mol. The average Bonchev–Trinajstić information content (AvgIpc) is 2.49. The average molecular weight is 337 g/mol. The Morgan fingerprint density at radius 1 is 1.26 bits per heavy atom. The Kier molecular flexibility index (Phi) is 7.15. The van der Waals surface area contributed by atoms with Crippen molar-refractivity contribution in [3.05, 3.63) is 47.5 Å². The lowest BCUT2D eigenvalue weighted by Gasteiger charge is -2.08. The third-order valence-electron chi connectivity index (χ3n) is 3.22. The number of ether oxygens (including phenoxy) is 1. The molecule has 0 aliphatic rings. The van der Waals surface area contributed by atoms with Crippen LogP contribution in [0.25, 0.3) is 0 Å². The van der Waals surface area contributed by atoms with Gasteiger partial charge in [0.25, 0.3) is 0 Å². The molecule has 1 aromatic heterocycles. The number of anilines is 3. The number of pyridine rings is 1. The number of hydrogen-bond acceptors (Lipinski definition) is 4. The van der Waals surface area contributed by atoms with Crippen molar-refractivity contribution in [1.82, 2.24) is 0 Å². The molecule has 23 heavy (non-hydrogen) atoms. The van der Waals surface area contributed by atoms with Gasteiger partial charge in [0.2, 0.25) is 11.6 Å². The minimum atomic E-state index is -0.525. The van der Waals surface area contributed by atoms with Crippen molar-refractivity contribution in [3.63, 3.8) is 0 Å². The zero-order valence-electron chi connectivity index (χ0n) is 13.2. The molecule has 0 fully saturated rings. The second kappa shape index (κ2) is 8.85. The predicted octanol–water partition coefficient (Wildman–Crippen LogP) is -0.424. The van der Waals surface area contributed by atoms with Crippen LogP contribution < -0.4 is 33.8 Å².